The van der Waals surface area contributed by atoms with Crippen LogP contribution < -0.4 is 0 Å². The zero-order valence-electron chi connectivity index (χ0n) is 11.4. The van der Waals surface area contributed by atoms with Crippen molar-refractivity contribution in [2.24, 2.45) is 5.41 Å². The molecular weight excluding hydrogens is 248 g/mol. The second-order valence-electron chi connectivity index (χ2n) is 4.56. The van der Waals surface area contributed by atoms with Gasteiger partial charge in [0.25, 0.3) is 0 Å². The van der Waals surface area contributed by atoms with E-state index in [0.717, 1.165) is 12.8 Å². The highest BCUT2D eigenvalue weighted by atomic mass is 16.5. The quantitative estimate of drug-likeness (QED) is 0.432. The third-order valence-electron chi connectivity index (χ3n) is 3.37. The number of methoxy groups -OCH3 is 1. The Bertz CT molecular complexity index is 375. The fourth-order valence-corrected chi connectivity index (χ4v) is 2.35. The van der Waals surface area contributed by atoms with Crippen LogP contribution in [0.5, 0.6) is 0 Å². The van der Waals surface area contributed by atoms with Gasteiger partial charge < -0.3 is 9.47 Å². The minimum absolute atomic E-state index is 0.0980. The lowest BCUT2D eigenvalue weighted by molar-refractivity contribution is -0.160. The fourth-order valence-electron chi connectivity index (χ4n) is 2.35. The number of hydrogen-bond donors (Lipinski definition) is 0. The van der Waals surface area contributed by atoms with Gasteiger partial charge in [-0.3, -0.25) is 9.59 Å². The zero-order valence-corrected chi connectivity index (χ0v) is 11.4. The number of esters is 2. The van der Waals surface area contributed by atoms with Crippen LogP contribution in [-0.2, 0) is 23.9 Å². The number of carbonyl (C=O) groups excluding carboxylic acids is 3. The number of hydrogen-bond acceptors (Lipinski definition) is 5. The number of ketones is 1. The van der Waals surface area contributed by atoms with Crippen molar-refractivity contribution in [1.82, 2.24) is 0 Å². The molecule has 1 unspecified atom stereocenters. The van der Waals surface area contributed by atoms with Crippen molar-refractivity contribution in [3.8, 4) is 0 Å². The number of ether oxygens (including phenoxy) is 2. The maximum absolute atomic E-state index is 12.1. The van der Waals surface area contributed by atoms with E-state index in [-0.39, 0.29) is 12.2 Å². The molecule has 0 aliphatic heterocycles. The molecule has 5 nitrogen and oxygen atoms in total. The van der Waals surface area contributed by atoms with Gasteiger partial charge in [-0.05, 0) is 26.2 Å². The molecule has 19 heavy (non-hydrogen) atoms. The van der Waals surface area contributed by atoms with Gasteiger partial charge in [-0.25, -0.2) is 4.79 Å². The first-order valence-electron chi connectivity index (χ1n) is 6.52. The molecule has 0 radical (unpaired) electrons. The summed E-state index contributed by atoms with van der Waals surface area (Å²) in [6.45, 7) is 2.01. The Hall–Kier alpha value is -1.65. The lowest BCUT2D eigenvalue weighted by Gasteiger charge is -2.31. The van der Waals surface area contributed by atoms with Gasteiger partial charge in [0.1, 0.15) is 11.2 Å². The number of rotatable bonds is 5. The van der Waals surface area contributed by atoms with Crippen molar-refractivity contribution in [3.05, 3.63) is 12.2 Å². The SMILES string of the molecule is CCOC(=O)/C=C/CC1(C(=O)OC)CCCCC1=O. The first-order chi connectivity index (χ1) is 9.06. The average molecular weight is 268 g/mol. The van der Waals surface area contributed by atoms with Gasteiger partial charge in [0.2, 0.25) is 0 Å². The summed E-state index contributed by atoms with van der Waals surface area (Å²) in [5.74, 6) is -1.07. The molecule has 1 fully saturated rings. The second-order valence-corrected chi connectivity index (χ2v) is 4.56. The largest absolute Gasteiger partial charge is 0.468 e. The normalized spacial score (nSPS) is 23.4. The number of carbonyl (C=O) groups is 3. The first kappa shape index (κ1) is 15.4. The molecule has 106 valence electrons. The molecule has 0 aromatic carbocycles. The Morgan fingerprint density at radius 2 is 2.11 bits per heavy atom. The molecule has 0 amide bonds. The average Bonchev–Trinajstić information content (AvgIpc) is 2.40. The van der Waals surface area contributed by atoms with Crippen LogP contribution in [0.1, 0.15) is 39.0 Å². The zero-order chi connectivity index (χ0) is 14.3. The van der Waals surface area contributed by atoms with E-state index in [1.807, 2.05) is 0 Å². The molecule has 1 aliphatic carbocycles. The van der Waals surface area contributed by atoms with Crippen molar-refractivity contribution < 1.29 is 23.9 Å². The predicted molar refractivity (Wildman–Crippen MR) is 68.3 cm³/mol. The monoisotopic (exact) mass is 268 g/mol. The van der Waals surface area contributed by atoms with Crippen LogP contribution in [0.25, 0.3) is 0 Å². The molecule has 0 saturated heterocycles. The topological polar surface area (TPSA) is 69.7 Å². The van der Waals surface area contributed by atoms with E-state index in [1.165, 1.54) is 19.3 Å². The summed E-state index contributed by atoms with van der Waals surface area (Å²) in [5, 5.41) is 0. The molecule has 0 aromatic rings. The van der Waals surface area contributed by atoms with Crippen LogP contribution >= 0.6 is 0 Å². The van der Waals surface area contributed by atoms with E-state index in [1.54, 1.807) is 6.92 Å². The molecule has 0 N–H and O–H groups in total. The number of allylic oxidation sites excluding steroid dienone is 1. The highest BCUT2D eigenvalue weighted by Crippen LogP contribution is 2.38. The Morgan fingerprint density at radius 3 is 2.68 bits per heavy atom. The number of Topliss-reactive ketones (excluding diaryl/α,β-unsaturated/α-hetero) is 1. The molecule has 0 heterocycles. The minimum atomic E-state index is -1.12. The van der Waals surface area contributed by atoms with E-state index in [4.69, 9.17) is 9.47 Å². The molecule has 0 spiro atoms. The van der Waals surface area contributed by atoms with E-state index in [0.29, 0.717) is 19.4 Å². The Balaban J connectivity index is 2.78. The summed E-state index contributed by atoms with van der Waals surface area (Å²) < 4.78 is 9.51. The van der Waals surface area contributed by atoms with Gasteiger partial charge in [-0.15, -0.1) is 0 Å². The summed E-state index contributed by atoms with van der Waals surface area (Å²) in [5.41, 5.74) is -1.12. The standard InChI is InChI=1S/C14H20O5/c1-3-19-12(16)8-6-10-14(13(17)18-2)9-5-4-7-11(14)15/h6,8H,3-5,7,9-10H2,1-2H3/b8-6+. The maximum Gasteiger partial charge on any atom is 0.330 e. The third-order valence-corrected chi connectivity index (χ3v) is 3.37. The van der Waals surface area contributed by atoms with Gasteiger partial charge in [0.05, 0.1) is 13.7 Å². The Labute approximate surface area is 112 Å². The van der Waals surface area contributed by atoms with Crippen LogP contribution in [0.4, 0.5) is 0 Å². The van der Waals surface area contributed by atoms with Crippen LogP contribution in [0.3, 0.4) is 0 Å². The van der Waals surface area contributed by atoms with E-state index >= 15 is 0 Å². The van der Waals surface area contributed by atoms with Crippen molar-refractivity contribution in [3.63, 3.8) is 0 Å². The van der Waals surface area contributed by atoms with Crippen LogP contribution in [0.2, 0.25) is 0 Å². The lowest BCUT2D eigenvalue weighted by atomic mass is 9.70. The van der Waals surface area contributed by atoms with Crippen molar-refractivity contribution >= 4 is 17.7 Å². The van der Waals surface area contributed by atoms with Crippen LogP contribution in [-0.4, -0.2) is 31.4 Å². The van der Waals surface area contributed by atoms with Crippen LogP contribution in [0.15, 0.2) is 12.2 Å². The molecule has 1 atom stereocenters. The van der Waals surface area contributed by atoms with Gasteiger partial charge in [-0.2, -0.15) is 0 Å². The summed E-state index contributed by atoms with van der Waals surface area (Å²) in [4.78, 5) is 35.2. The van der Waals surface area contributed by atoms with Gasteiger partial charge in [0.15, 0.2) is 0 Å². The molecule has 1 rings (SSSR count). The van der Waals surface area contributed by atoms with Crippen molar-refractivity contribution in [2.75, 3.05) is 13.7 Å². The van der Waals surface area contributed by atoms with E-state index in [2.05, 4.69) is 0 Å². The fraction of sp³-hybridized carbons (Fsp3) is 0.643. The van der Waals surface area contributed by atoms with E-state index < -0.39 is 17.4 Å². The van der Waals surface area contributed by atoms with Gasteiger partial charge in [-0.1, -0.05) is 12.5 Å². The highest BCUT2D eigenvalue weighted by Gasteiger charge is 2.46. The third kappa shape index (κ3) is 3.66. The molecule has 1 saturated carbocycles. The van der Waals surface area contributed by atoms with Crippen LogP contribution in [0, 0.1) is 5.41 Å². The second kappa shape index (κ2) is 7.07. The molecular formula is C14H20O5. The summed E-state index contributed by atoms with van der Waals surface area (Å²) in [6.07, 6.45) is 5.47. The minimum Gasteiger partial charge on any atom is -0.468 e. The molecule has 0 aromatic heterocycles. The lowest BCUT2D eigenvalue weighted by Crippen LogP contribution is -2.42. The highest BCUT2D eigenvalue weighted by molar-refractivity contribution is 6.04. The smallest absolute Gasteiger partial charge is 0.330 e. The summed E-state index contributed by atoms with van der Waals surface area (Å²) >= 11 is 0. The van der Waals surface area contributed by atoms with Gasteiger partial charge in [0, 0.05) is 12.5 Å². The van der Waals surface area contributed by atoms with Crippen molar-refractivity contribution in [2.45, 2.75) is 39.0 Å². The predicted octanol–water partition coefficient (Wildman–Crippen LogP) is 1.80. The summed E-state index contributed by atoms with van der Waals surface area (Å²) in [6, 6.07) is 0. The Kier molecular flexibility index (Phi) is 5.73. The van der Waals surface area contributed by atoms with Crippen molar-refractivity contribution in [1.29, 1.82) is 0 Å². The molecule has 1 aliphatic rings. The van der Waals surface area contributed by atoms with Gasteiger partial charge >= 0.3 is 11.9 Å². The Morgan fingerprint density at radius 1 is 1.37 bits per heavy atom. The molecule has 0 bridgehead atoms. The first-order valence-corrected chi connectivity index (χ1v) is 6.52. The van der Waals surface area contributed by atoms with E-state index in [9.17, 15) is 14.4 Å². The summed E-state index contributed by atoms with van der Waals surface area (Å²) in [7, 11) is 1.28. The molecule has 5 heteroatoms. The maximum atomic E-state index is 12.1.